The first kappa shape index (κ1) is 12.8. The van der Waals surface area contributed by atoms with E-state index in [1.54, 1.807) is 18.1 Å². The summed E-state index contributed by atoms with van der Waals surface area (Å²) < 4.78 is 0. The number of aliphatic hydroxyl groups is 1. The van der Waals surface area contributed by atoms with Crippen LogP contribution in [0.4, 0.5) is 5.82 Å². The third kappa shape index (κ3) is 2.59. The number of hydrogen-bond donors (Lipinski definition) is 2. The molecule has 1 aromatic rings. The minimum atomic E-state index is -0.154. The zero-order valence-corrected chi connectivity index (χ0v) is 10.5. The van der Waals surface area contributed by atoms with E-state index in [1.807, 2.05) is 0 Å². The van der Waals surface area contributed by atoms with E-state index < -0.39 is 0 Å². The quantitative estimate of drug-likeness (QED) is 0.796. The summed E-state index contributed by atoms with van der Waals surface area (Å²) in [6, 6.07) is 0.240. The molecule has 1 aliphatic carbocycles. The number of carbonyl (C=O) groups excluding carboxylic acids is 1. The Hall–Kier alpha value is -1.69. The van der Waals surface area contributed by atoms with Crippen LogP contribution in [0.1, 0.15) is 29.8 Å². The van der Waals surface area contributed by atoms with Crippen LogP contribution in [0, 0.1) is 0 Å². The fourth-order valence-corrected chi connectivity index (χ4v) is 1.99. The van der Waals surface area contributed by atoms with Crippen molar-refractivity contribution in [2.45, 2.75) is 25.3 Å². The van der Waals surface area contributed by atoms with Gasteiger partial charge in [-0.1, -0.05) is 0 Å². The molecule has 0 unspecified atom stereocenters. The van der Waals surface area contributed by atoms with Crippen LogP contribution >= 0.6 is 0 Å². The molecule has 0 aliphatic heterocycles. The maximum absolute atomic E-state index is 12.3. The Morgan fingerprint density at radius 2 is 2.33 bits per heavy atom. The molecule has 0 spiro atoms. The molecule has 0 atom stereocenters. The molecule has 1 saturated carbocycles. The fraction of sp³-hybridized carbons (Fsp3) is 0.583. The molecule has 6 heteroatoms. The molecular formula is C12H18N4O2. The van der Waals surface area contributed by atoms with Gasteiger partial charge in [0.15, 0.2) is 0 Å². The first-order valence-corrected chi connectivity index (χ1v) is 6.18. The minimum Gasteiger partial charge on any atom is -0.395 e. The lowest BCUT2D eigenvalue weighted by Gasteiger charge is -2.37. The van der Waals surface area contributed by atoms with Crippen molar-refractivity contribution in [3.8, 4) is 0 Å². The van der Waals surface area contributed by atoms with Crippen LogP contribution in [-0.2, 0) is 0 Å². The third-order valence-electron chi connectivity index (χ3n) is 3.23. The lowest BCUT2D eigenvalue weighted by atomic mass is 9.91. The molecule has 0 saturated heterocycles. The van der Waals surface area contributed by atoms with E-state index in [1.165, 1.54) is 6.20 Å². The van der Waals surface area contributed by atoms with Crippen molar-refractivity contribution in [1.29, 1.82) is 0 Å². The maximum atomic E-state index is 12.3. The van der Waals surface area contributed by atoms with Crippen LogP contribution in [0.2, 0.25) is 0 Å². The molecule has 0 radical (unpaired) electrons. The van der Waals surface area contributed by atoms with Gasteiger partial charge in [0.2, 0.25) is 0 Å². The number of hydrogen-bond acceptors (Lipinski definition) is 5. The van der Waals surface area contributed by atoms with Gasteiger partial charge >= 0.3 is 0 Å². The molecule has 1 heterocycles. The van der Waals surface area contributed by atoms with Crippen LogP contribution in [0.3, 0.4) is 0 Å². The average Bonchev–Trinajstić information content (AvgIpc) is 2.35. The summed E-state index contributed by atoms with van der Waals surface area (Å²) in [4.78, 5) is 22.2. The van der Waals surface area contributed by atoms with Gasteiger partial charge in [0.1, 0.15) is 11.5 Å². The maximum Gasteiger partial charge on any atom is 0.274 e. The fourth-order valence-electron chi connectivity index (χ4n) is 1.99. The smallest absolute Gasteiger partial charge is 0.274 e. The van der Waals surface area contributed by atoms with Gasteiger partial charge in [-0.3, -0.25) is 9.78 Å². The van der Waals surface area contributed by atoms with E-state index in [4.69, 9.17) is 5.11 Å². The van der Waals surface area contributed by atoms with Gasteiger partial charge in [0.25, 0.3) is 5.91 Å². The molecule has 1 aliphatic rings. The number of aromatic nitrogens is 2. The van der Waals surface area contributed by atoms with Crippen molar-refractivity contribution in [2.75, 3.05) is 25.5 Å². The topological polar surface area (TPSA) is 78.4 Å². The van der Waals surface area contributed by atoms with Crippen molar-refractivity contribution in [1.82, 2.24) is 14.9 Å². The highest BCUT2D eigenvalue weighted by atomic mass is 16.3. The highest BCUT2D eigenvalue weighted by Gasteiger charge is 2.29. The van der Waals surface area contributed by atoms with Crippen LogP contribution < -0.4 is 5.32 Å². The molecule has 18 heavy (non-hydrogen) atoms. The predicted octanol–water partition coefficient (Wildman–Crippen LogP) is 0.505. The Kier molecular flexibility index (Phi) is 4.09. The Morgan fingerprint density at radius 3 is 2.89 bits per heavy atom. The van der Waals surface area contributed by atoms with Crippen molar-refractivity contribution >= 4 is 11.7 Å². The summed E-state index contributed by atoms with van der Waals surface area (Å²) in [6.45, 7) is 0.330. The average molecular weight is 250 g/mol. The highest BCUT2D eigenvalue weighted by Crippen LogP contribution is 2.25. The Morgan fingerprint density at radius 1 is 1.56 bits per heavy atom. The number of nitrogens with one attached hydrogen (secondary N) is 1. The number of aliphatic hydroxyl groups excluding tert-OH is 1. The molecule has 6 nitrogen and oxygen atoms in total. The van der Waals surface area contributed by atoms with Gasteiger partial charge < -0.3 is 15.3 Å². The van der Waals surface area contributed by atoms with Gasteiger partial charge in [0, 0.05) is 19.6 Å². The number of nitrogens with zero attached hydrogens (tertiary/aromatic N) is 3. The zero-order valence-electron chi connectivity index (χ0n) is 10.5. The molecule has 0 bridgehead atoms. The lowest BCUT2D eigenvalue weighted by Crippen LogP contribution is -2.46. The molecule has 1 aromatic heterocycles. The normalized spacial score (nSPS) is 15.0. The van der Waals surface area contributed by atoms with Crippen LogP contribution in [0.25, 0.3) is 0 Å². The van der Waals surface area contributed by atoms with Gasteiger partial charge in [-0.2, -0.15) is 0 Å². The molecule has 2 N–H and O–H groups in total. The van der Waals surface area contributed by atoms with E-state index >= 15 is 0 Å². The molecule has 0 aromatic carbocycles. The molecule has 1 fully saturated rings. The third-order valence-corrected chi connectivity index (χ3v) is 3.23. The first-order valence-electron chi connectivity index (χ1n) is 6.18. The first-order chi connectivity index (χ1) is 8.76. The van der Waals surface area contributed by atoms with Crippen LogP contribution in [-0.4, -0.2) is 52.1 Å². The summed E-state index contributed by atoms with van der Waals surface area (Å²) in [5.74, 6) is 0.414. The molecule has 98 valence electrons. The predicted molar refractivity (Wildman–Crippen MR) is 67.3 cm³/mol. The monoisotopic (exact) mass is 250 g/mol. The molecular weight excluding hydrogens is 232 g/mol. The summed E-state index contributed by atoms with van der Waals surface area (Å²) in [7, 11) is 1.73. The SMILES string of the molecule is CNc1cncc(C(=O)N(CCO)C2CCC2)n1. The molecule has 1 amide bonds. The number of rotatable bonds is 5. The van der Waals surface area contributed by atoms with Crippen molar-refractivity contribution in [3.63, 3.8) is 0 Å². The van der Waals surface area contributed by atoms with Gasteiger partial charge in [-0.05, 0) is 19.3 Å². The standard InChI is InChI=1S/C12H18N4O2/c1-13-11-8-14-7-10(15-11)12(18)16(5-6-17)9-3-2-4-9/h7-9,17H,2-6H2,1H3,(H,13,15). The number of carbonyl (C=O) groups is 1. The Balaban J connectivity index is 2.15. The van der Waals surface area contributed by atoms with Gasteiger partial charge in [-0.25, -0.2) is 4.98 Å². The summed E-state index contributed by atoms with van der Waals surface area (Å²) in [5.41, 5.74) is 0.321. The summed E-state index contributed by atoms with van der Waals surface area (Å²) in [5, 5.41) is 11.9. The van der Waals surface area contributed by atoms with Crippen molar-refractivity contribution in [2.24, 2.45) is 0 Å². The molecule has 2 rings (SSSR count). The van der Waals surface area contributed by atoms with E-state index in [-0.39, 0.29) is 18.6 Å². The second-order valence-electron chi connectivity index (χ2n) is 4.35. The Labute approximate surface area is 106 Å². The number of anilines is 1. The van der Waals surface area contributed by atoms with Crippen molar-refractivity contribution in [3.05, 3.63) is 18.1 Å². The van der Waals surface area contributed by atoms with Crippen LogP contribution in [0.5, 0.6) is 0 Å². The van der Waals surface area contributed by atoms with Crippen molar-refractivity contribution < 1.29 is 9.90 Å². The summed E-state index contributed by atoms with van der Waals surface area (Å²) in [6.07, 6.45) is 6.18. The van der Waals surface area contributed by atoms with Gasteiger partial charge in [-0.15, -0.1) is 0 Å². The van der Waals surface area contributed by atoms with E-state index in [9.17, 15) is 4.79 Å². The summed E-state index contributed by atoms with van der Waals surface area (Å²) >= 11 is 0. The van der Waals surface area contributed by atoms with E-state index in [2.05, 4.69) is 15.3 Å². The Bertz CT molecular complexity index is 420. The number of amides is 1. The zero-order chi connectivity index (χ0) is 13.0. The highest BCUT2D eigenvalue weighted by molar-refractivity contribution is 5.92. The minimum absolute atomic E-state index is 0.0264. The van der Waals surface area contributed by atoms with E-state index in [0.29, 0.717) is 18.1 Å². The lowest BCUT2D eigenvalue weighted by molar-refractivity contribution is 0.0519. The van der Waals surface area contributed by atoms with Gasteiger partial charge in [0.05, 0.1) is 19.0 Å². The second kappa shape index (κ2) is 5.77. The largest absolute Gasteiger partial charge is 0.395 e. The van der Waals surface area contributed by atoms with Crippen LogP contribution in [0.15, 0.2) is 12.4 Å². The van der Waals surface area contributed by atoms with E-state index in [0.717, 1.165) is 19.3 Å². The second-order valence-corrected chi connectivity index (χ2v) is 4.35.